The normalized spacial score (nSPS) is 11.1. The van der Waals surface area contributed by atoms with Gasteiger partial charge in [0.25, 0.3) is 5.91 Å². The first-order chi connectivity index (χ1) is 14.8. The van der Waals surface area contributed by atoms with Gasteiger partial charge in [-0.25, -0.2) is 4.79 Å². The van der Waals surface area contributed by atoms with Crippen LogP contribution >= 0.6 is 61.1 Å². The highest BCUT2D eigenvalue weighted by Crippen LogP contribution is 2.30. The molecule has 0 aromatic heterocycles. The number of hydrogen-bond acceptors (Lipinski definition) is 3. The van der Waals surface area contributed by atoms with Crippen LogP contribution in [0, 0.1) is 7.14 Å². The number of benzene rings is 3. The lowest BCUT2D eigenvalue weighted by molar-refractivity contribution is -0.132. The lowest BCUT2D eigenvalue weighted by Crippen LogP contribution is -2.27. The largest absolute Gasteiger partial charge is 0.487 e. The molecule has 5 nitrogen and oxygen atoms in total. The van der Waals surface area contributed by atoms with E-state index in [1.807, 2.05) is 36.4 Å². The Morgan fingerprint density at radius 3 is 2.29 bits per heavy atom. The Hall–Kier alpha value is -1.92. The number of halogens is 3. The molecule has 8 heteroatoms. The molecule has 3 rings (SSSR count). The third-order valence-corrected chi connectivity index (χ3v) is 6.21. The molecule has 0 bridgehead atoms. The van der Waals surface area contributed by atoms with Crippen molar-refractivity contribution in [2.45, 2.75) is 6.61 Å². The Kier molecular flexibility index (Phi) is 8.50. The van der Waals surface area contributed by atoms with E-state index in [9.17, 15) is 14.7 Å². The summed E-state index contributed by atoms with van der Waals surface area (Å²) in [5.74, 6) is -0.972. The number of rotatable bonds is 7. The van der Waals surface area contributed by atoms with E-state index in [0.29, 0.717) is 17.7 Å². The molecule has 0 aliphatic heterocycles. The van der Waals surface area contributed by atoms with Gasteiger partial charge in [-0.1, -0.05) is 46.3 Å². The topological polar surface area (TPSA) is 75.6 Å². The minimum absolute atomic E-state index is 0.205. The van der Waals surface area contributed by atoms with Crippen molar-refractivity contribution in [2.24, 2.45) is 0 Å². The van der Waals surface area contributed by atoms with Crippen LogP contribution in [0.4, 0.5) is 0 Å². The predicted molar refractivity (Wildman–Crippen MR) is 140 cm³/mol. The van der Waals surface area contributed by atoms with Crippen molar-refractivity contribution >= 4 is 79.1 Å². The number of aliphatic carboxylic acids is 1. The van der Waals surface area contributed by atoms with Crippen LogP contribution in [0.15, 0.2) is 76.9 Å². The van der Waals surface area contributed by atoms with Crippen molar-refractivity contribution in [1.29, 1.82) is 0 Å². The maximum atomic E-state index is 12.3. The molecule has 2 N–H and O–H groups in total. The molecule has 0 heterocycles. The molecule has 0 unspecified atom stereocenters. The Bertz CT molecular complexity index is 1130. The first-order valence-electron chi connectivity index (χ1n) is 9.01. The van der Waals surface area contributed by atoms with Gasteiger partial charge < -0.3 is 15.2 Å². The Labute approximate surface area is 215 Å². The zero-order chi connectivity index (χ0) is 22.4. The zero-order valence-electron chi connectivity index (χ0n) is 15.9. The van der Waals surface area contributed by atoms with Crippen LogP contribution in [0.1, 0.15) is 21.5 Å². The molecule has 1 amide bonds. The summed E-state index contributed by atoms with van der Waals surface area (Å²) in [6.45, 7) is 0.411. The van der Waals surface area contributed by atoms with E-state index in [1.165, 1.54) is 6.08 Å². The highest BCUT2D eigenvalue weighted by atomic mass is 127. The second-order valence-corrected chi connectivity index (χ2v) is 9.66. The maximum absolute atomic E-state index is 12.3. The van der Waals surface area contributed by atoms with Crippen molar-refractivity contribution in [3.05, 3.63) is 101 Å². The van der Waals surface area contributed by atoms with Gasteiger partial charge in [0.1, 0.15) is 18.1 Å². The number of carboxylic acids is 1. The van der Waals surface area contributed by atoms with Gasteiger partial charge in [0.2, 0.25) is 0 Å². The lowest BCUT2D eigenvalue weighted by Gasteiger charge is -2.12. The molecule has 0 saturated heterocycles. The van der Waals surface area contributed by atoms with Crippen LogP contribution in [-0.4, -0.2) is 17.0 Å². The Morgan fingerprint density at radius 1 is 1.00 bits per heavy atom. The average Bonchev–Trinajstić information content (AvgIpc) is 2.73. The van der Waals surface area contributed by atoms with Crippen LogP contribution in [0.25, 0.3) is 6.08 Å². The van der Waals surface area contributed by atoms with E-state index in [4.69, 9.17) is 4.74 Å². The summed E-state index contributed by atoms with van der Waals surface area (Å²) >= 11 is 7.76. The molecular weight excluding hydrogens is 688 g/mol. The van der Waals surface area contributed by atoms with Crippen LogP contribution < -0.4 is 10.1 Å². The summed E-state index contributed by atoms with van der Waals surface area (Å²) in [6, 6.07) is 20.0. The van der Waals surface area contributed by atoms with E-state index in [0.717, 1.165) is 22.9 Å². The minimum Gasteiger partial charge on any atom is -0.487 e. The highest BCUT2D eigenvalue weighted by Gasteiger charge is 2.15. The number of amides is 1. The molecule has 0 saturated carbocycles. The lowest BCUT2D eigenvalue weighted by atomic mass is 10.1. The van der Waals surface area contributed by atoms with Gasteiger partial charge in [-0.15, -0.1) is 0 Å². The van der Waals surface area contributed by atoms with Crippen molar-refractivity contribution in [1.82, 2.24) is 5.32 Å². The second kappa shape index (κ2) is 11.1. The van der Waals surface area contributed by atoms with Crippen LogP contribution in [0.3, 0.4) is 0 Å². The fourth-order valence-corrected chi connectivity index (χ4v) is 5.26. The molecule has 31 heavy (non-hydrogen) atoms. The maximum Gasteiger partial charge on any atom is 0.352 e. The van der Waals surface area contributed by atoms with E-state index in [2.05, 4.69) is 66.4 Å². The fraction of sp³-hybridized carbons (Fsp3) is 0.0435. The molecule has 0 fully saturated rings. The quantitative estimate of drug-likeness (QED) is 0.231. The van der Waals surface area contributed by atoms with Crippen LogP contribution in [-0.2, 0) is 11.4 Å². The third-order valence-electron chi connectivity index (χ3n) is 4.12. The predicted octanol–water partition coefficient (Wildman–Crippen LogP) is 6.09. The average molecular weight is 704 g/mol. The number of carbonyl (C=O) groups is 2. The summed E-state index contributed by atoms with van der Waals surface area (Å²) in [4.78, 5) is 24.0. The van der Waals surface area contributed by atoms with Crippen molar-refractivity contribution in [3.8, 4) is 5.75 Å². The summed E-state index contributed by atoms with van der Waals surface area (Å²) < 4.78 is 8.66. The van der Waals surface area contributed by atoms with E-state index < -0.39 is 11.9 Å². The number of nitrogens with one attached hydrogen (secondary N) is 1. The molecule has 0 spiro atoms. The van der Waals surface area contributed by atoms with Gasteiger partial charge in [0.05, 0.1) is 7.14 Å². The number of hydrogen-bond donors (Lipinski definition) is 2. The third kappa shape index (κ3) is 6.78. The van der Waals surface area contributed by atoms with E-state index >= 15 is 0 Å². The molecule has 0 aliphatic carbocycles. The monoisotopic (exact) mass is 703 g/mol. The van der Waals surface area contributed by atoms with Crippen molar-refractivity contribution < 1.29 is 19.4 Å². The second-order valence-electron chi connectivity index (χ2n) is 6.42. The first-order valence-corrected chi connectivity index (χ1v) is 12.0. The molecule has 0 atom stereocenters. The Balaban J connectivity index is 1.80. The minimum atomic E-state index is -1.22. The molecule has 3 aromatic rings. The van der Waals surface area contributed by atoms with E-state index in [-0.39, 0.29) is 5.70 Å². The number of ether oxygens (including phenoxy) is 1. The summed E-state index contributed by atoms with van der Waals surface area (Å²) in [7, 11) is 0. The smallest absolute Gasteiger partial charge is 0.352 e. The van der Waals surface area contributed by atoms with Crippen LogP contribution in [0.5, 0.6) is 5.75 Å². The standard InChI is InChI=1S/C23H16BrI2NO4/c24-17-8-4-5-14(9-17)13-31-21-18(25)10-15(11-19(21)26)12-20(23(29)30)27-22(28)16-6-2-1-3-7-16/h1-12H,13H2,(H,27,28)(H,29,30). The van der Waals surface area contributed by atoms with E-state index in [1.54, 1.807) is 30.3 Å². The van der Waals surface area contributed by atoms with Gasteiger partial charge in [-0.2, -0.15) is 0 Å². The van der Waals surface area contributed by atoms with Gasteiger partial charge >= 0.3 is 5.97 Å². The highest BCUT2D eigenvalue weighted by molar-refractivity contribution is 14.1. The summed E-state index contributed by atoms with van der Waals surface area (Å²) in [5.41, 5.74) is 1.86. The summed E-state index contributed by atoms with van der Waals surface area (Å²) in [5, 5.41) is 12.0. The Morgan fingerprint density at radius 2 is 1.68 bits per heavy atom. The fourth-order valence-electron chi connectivity index (χ4n) is 2.68. The van der Waals surface area contributed by atoms with Gasteiger partial charge in [0, 0.05) is 10.0 Å². The SMILES string of the molecule is O=C(O)C(=Cc1cc(I)c(OCc2cccc(Br)c2)c(I)c1)NC(=O)c1ccccc1. The van der Waals surface area contributed by atoms with Gasteiger partial charge in [0.15, 0.2) is 0 Å². The van der Waals surface area contributed by atoms with Crippen molar-refractivity contribution in [3.63, 3.8) is 0 Å². The van der Waals surface area contributed by atoms with Crippen molar-refractivity contribution in [2.75, 3.05) is 0 Å². The molecule has 158 valence electrons. The van der Waals surface area contributed by atoms with Crippen LogP contribution in [0.2, 0.25) is 0 Å². The number of carbonyl (C=O) groups excluding carboxylic acids is 1. The molecule has 0 aliphatic rings. The molecule has 0 radical (unpaired) electrons. The van der Waals surface area contributed by atoms with Gasteiger partial charge in [-0.3, -0.25) is 4.79 Å². The molecule has 3 aromatic carbocycles. The number of carboxylic acid groups (broad SMARTS) is 1. The molecular formula is C23H16BrI2NO4. The first kappa shape index (κ1) is 23.7. The zero-order valence-corrected chi connectivity index (χ0v) is 21.8. The van der Waals surface area contributed by atoms with Gasteiger partial charge in [-0.05, 0) is 98.8 Å². The summed E-state index contributed by atoms with van der Waals surface area (Å²) in [6.07, 6.45) is 1.44.